The van der Waals surface area contributed by atoms with Crippen LogP contribution in [0.1, 0.15) is 29.3 Å². The third-order valence-corrected chi connectivity index (χ3v) is 4.37. The highest BCUT2D eigenvalue weighted by molar-refractivity contribution is 7.15. The Kier molecular flexibility index (Phi) is 4.12. The summed E-state index contributed by atoms with van der Waals surface area (Å²) in [5.74, 6) is -0.121. The lowest BCUT2D eigenvalue weighted by Gasteiger charge is -2.03. The number of aryl methyl sites for hydroxylation is 1. The zero-order valence-electron chi connectivity index (χ0n) is 13.1. The van der Waals surface area contributed by atoms with Gasteiger partial charge in [0.25, 0.3) is 5.91 Å². The first kappa shape index (κ1) is 15.6. The van der Waals surface area contributed by atoms with Gasteiger partial charge < -0.3 is 4.57 Å². The number of aromatic nitrogens is 3. The quantitative estimate of drug-likeness (QED) is 0.794. The zero-order chi connectivity index (χ0) is 16.6. The van der Waals surface area contributed by atoms with Crippen molar-refractivity contribution in [2.24, 2.45) is 13.0 Å². The van der Waals surface area contributed by atoms with Crippen LogP contribution in [0, 0.1) is 11.7 Å². The van der Waals surface area contributed by atoms with Crippen molar-refractivity contribution < 1.29 is 9.18 Å². The number of nitrogens with zero attached hydrogens (tertiary/aromatic N) is 3. The Bertz CT molecular complexity index is 868. The van der Waals surface area contributed by atoms with Crippen LogP contribution in [0.2, 0.25) is 0 Å². The summed E-state index contributed by atoms with van der Waals surface area (Å²) in [6.07, 6.45) is 0.834. The molecule has 0 atom stereocenters. The summed E-state index contributed by atoms with van der Waals surface area (Å²) in [6, 6.07) is 6.19. The molecule has 0 aliphatic rings. The minimum Gasteiger partial charge on any atom is -0.340 e. The molecule has 0 fully saturated rings. The van der Waals surface area contributed by atoms with Crippen LogP contribution >= 0.6 is 11.3 Å². The standard InChI is InChI=1S/C16H17FN4OS/c1-9(2)6-14-19-20-16(23-14)18-15(22)13-7-10-4-5-11(17)8-12(10)21(13)3/h4-5,7-9H,6H2,1-3H3,(H,18,20,22). The first-order valence-electron chi connectivity index (χ1n) is 7.32. The zero-order valence-corrected chi connectivity index (χ0v) is 13.9. The van der Waals surface area contributed by atoms with Crippen molar-refractivity contribution in [2.75, 3.05) is 5.32 Å². The molecule has 0 aliphatic carbocycles. The summed E-state index contributed by atoms with van der Waals surface area (Å²) in [7, 11) is 1.74. The van der Waals surface area contributed by atoms with Crippen molar-refractivity contribution in [3.8, 4) is 0 Å². The number of hydrogen-bond donors (Lipinski definition) is 1. The van der Waals surface area contributed by atoms with Crippen LogP contribution in [0.15, 0.2) is 24.3 Å². The Hall–Kier alpha value is -2.28. The molecule has 7 heteroatoms. The van der Waals surface area contributed by atoms with Gasteiger partial charge in [0.15, 0.2) is 0 Å². The highest BCUT2D eigenvalue weighted by atomic mass is 32.1. The minimum atomic E-state index is -0.326. The van der Waals surface area contributed by atoms with Crippen LogP contribution in [0.5, 0.6) is 0 Å². The molecule has 0 spiro atoms. The van der Waals surface area contributed by atoms with E-state index in [4.69, 9.17) is 0 Å². The van der Waals surface area contributed by atoms with Crippen molar-refractivity contribution >= 4 is 33.3 Å². The van der Waals surface area contributed by atoms with Gasteiger partial charge in [0, 0.05) is 18.9 Å². The normalized spacial score (nSPS) is 11.3. The van der Waals surface area contributed by atoms with Crippen LogP contribution < -0.4 is 5.32 Å². The molecule has 5 nitrogen and oxygen atoms in total. The molecule has 0 saturated heterocycles. The first-order chi connectivity index (χ1) is 10.9. The molecule has 2 heterocycles. The monoisotopic (exact) mass is 332 g/mol. The molecule has 0 aliphatic heterocycles. The van der Waals surface area contributed by atoms with Crippen molar-refractivity contribution in [2.45, 2.75) is 20.3 Å². The summed E-state index contributed by atoms with van der Waals surface area (Å²) in [4.78, 5) is 12.4. The van der Waals surface area contributed by atoms with Crippen LogP contribution in [-0.4, -0.2) is 20.7 Å². The lowest BCUT2D eigenvalue weighted by molar-refractivity contribution is 0.101. The number of benzene rings is 1. The van der Waals surface area contributed by atoms with E-state index in [-0.39, 0.29) is 11.7 Å². The van der Waals surface area contributed by atoms with Crippen LogP contribution in [0.25, 0.3) is 10.9 Å². The number of rotatable bonds is 4. The van der Waals surface area contributed by atoms with Gasteiger partial charge in [-0.2, -0.15) is 0 Å². The van der Waals surface area contributed by atoms with Gasteiger partial charge in [-0.15, -0.1) is 10.2 Å². The fourth-order valence-corrected chi connectivity index (χ4v) is 3.36. The van der Waals surface area contributed by atoms with Gasteiger partial charge in [0.05, 0.1) is 5.52 Å². The second-order valence-corrected chi connectivity index (χ2v) is 6.91. The smallest absolute Gasteiger partial charge is 0.274 e. The second kappa shape index (κ2) is 6.08. The number of halogens is 1. The van der Waals surface area contributed by atoms with Crippen molar-refractivity contribution in [1.29, 1.82) is 0 Å². The van der Waals surface area contributed by atoms with Gasteiger partial charge in [0.2, 0.25) is 5.13 Å². The van der Waals surface area contributed by atoms with Crippen molar-refractivity contribution in [3.05, 3.63) is 40.8 Å². The molecule has 0 radical (unpaired) electrons. The maximum Gasteiger partial charge on any atom is 0.274 e. The molecule has 3 rings (SSSR count). The minimum absolute atomic E-state index is 0.281. The van der Waals surface area contributed by atoms with Gasteiger partial charge in [-0.25, -0.2) is 4.39 Å². The molecule has 0 saturated carbocycles. The Morgan fingerprint density at radius 2 is 2.13 bits per heavy atom. The van der Waals surface area contributed by atoms with Gasteiger partial charge in [-0.3, -0.25) is 10.1 Å². The predicted molar refractivity (Wildman–Crippen MR) is 89.3 cm³/mol. The Balaban J connectivity index is 1.83. The number of hydrogen-bond acceptors (Lipinski definition) is 4. The molecular weight excluding hydrogens is 315 g/mol. The van der Waals surface area contributed by atoms with E-state index in [0.717, 1.165) is 16.8 Å². The van der Waals surface area contributed by atoms with Crippen LogP contribution in [0.3, 0.4) is 0 Å². The number of carbonyl (C=O) groups excluding carboxylic acids is 1. The fraction of sp³-hybridized carbons (Fsp3) is 0.312. The summed E-state index contributed by atoms with van der Waals surface area (Å²) < 4.78 is 15.0. The van der Waals surface area contributed by atoms with E-state index in [1.54, 1.807) is 23.7 Å². The Labute approximate surface area is 137 Å². The number of amides is 1. The van der Waals surface area contributed by atoms with E-state index >= 15 is 0 Å². The third-order valence-electron chi connectivity index (χ3n) is 3.51. The molecular formula is C16H17FN4OS. The molecule has 23 heavy (non-hydrogen) atoms. The first-order valence-corrected chi connectivity index (χ1v) is 8.14. The molecule has 2 aromatic heterocycles. The highest BCUT2D eigenvalue weighted by Crippen LogP contribution is 2.22. The van der Waals surface area contributed by atoms with E-state index in [9.17, 15) is 9.18 Å². The van der Waals surface area contributed by atoms with Gasteiger partial charge in [-0.05, 0) is 30.2 Å². The van der Waals surface area contributed by atoms with Crippen LogP contribution in [-0.2, 0) is 13.5 Å². The average molecular weight is 332 g/mol. The molecule has 1 aromatic carbocycles. The maximum absolute atomic E-state index is 13.4. The highest BCUT2D eigenvalue weighted by Gasteiger charge is 2.16. The maximum atomic E-state index is 13.4. The lowest BCUT2D eigenvalue weighted by Crippen LogP contribution is -2.15. The van der Waals surface area contributed by atoms with Crippen LogP contribution in [0.4, 0.5) is 9.52 Å². The van der Waals surface area contributed by atoms with Gasteiger partial charge >= 0.3 is 0 Å². The summed E-state index contributed by atoms with van der Waals surface area (Å²) in [5.41, 5.74) is 1.12. The largest absolute Gasteiger partial charge is 0.340 e. The topological polar surface area (TPSA) is 59.8 Å². The van der Waals surface area contributed by atoms with E-state index in [1.165, 1.54) is 23.5 Å². The second-order valence-electron chi connectivity index (χ2n) is 5.84. The molecule has 1 N–H and O–H groups in total. The Morgan fingerprint density at radius 1 is 1.35 bits per heavy atom. The summed E-state index contributed by atoms with van der Waals surface area (Å²) in [6.45, 7) is 4.21. The summed E-state index contributed by atoms with van der Waals surface area (Å²) in [5, 5.41) is 13.0. The van der Waals surface area contributed by atoms with E-state index in [0.29, 0.717) is 22.3 Å². The summed E-state index contributed by atoms with van der Waals surface area (Å²) >= 11 is 1.38. The van der Waals surface area contributed by atoms with E-state index in [2.05, 4.69) is 29.4 Å². The number of anilines is 1. The Morgan fingerprint density at radius 3 is 2.87 bits per heavy atom. The number of fused-ring (bicyclic) bond motifs is 1. The third kappa shape index (κ3) is 3.24. The predicted octanol–water partition coefficient (Wildman–Crippen LogP) is 3.62. The molecule has 0 unspecified atom stereocenters. The average Bonchev–Trinajstić information content (AvgIpc) is 3.03. The molecule has 120 valence electrons. The van der Waals surface area contributed by atoms with Crippen molar-refractivity contribution in [3.63, 3.8) is 0 Å². The molecule has 1 amide bonds. The SMILES string of the molecule is CC(C)Cc1nnc(NC(=O)c2cc3ccc(F)cc3n2C)s1. The number of nitrogens with one attached hydrogen (secondary N) is 1. The van der Waals surface area contributed by atoms with E-state index < -0.39 is 0 Å². The van der Waals surface area contributed by atoms with Gasteiger partial charge in [0.1, 0.15) is 16.5 Å². The lowest BCUT2D eigenvalue weighted by atomic mass is 10.1. The molecule has 0 bridgehead atoms. The van der Waals surface area contributed by atoms with E-state index in [1.807, 2.05) is 0 Å². The number of carbonyl (C=O) groups is 1. The molecule has 3 aromatic rings. The van der Waals surface area contributed by atoms with Crippen molar-refractivity contribution in [1.82, 2.24) is 14.8 Å². The fourth-order valence-electron chi connectivity index (χ4n) is 2.42. The van der Waals surface area contributed by atoms with Gasteiger partial charge in [-0.1, -0.05) is 25.2 Å².